The van der Waals surface area contributed by atoms with Crippen LogP contribution in [0, 0.1) is 0 Å². The Morgan fingerprint density at radius 1 is 0.913 bits per heavy atom. The first-order chi connectivity index (χ1) is 11.1. The SMILES string of the molecule is CCCCCCCC([B]C(=O)/C=C/CN(C)C)CCCCCC. The van der Waals surface area contributed by atoms with Gasteiger partial charge in [-0.25, -0.2) is 0 Å². The van der Waals surface area contributed by atoms with Crippen molar-refractivity contribution in [1.29, 1.82) is 0 Å². The van der Waals surface area contributed by atoms with Crippen LogP contribution in [0.4, 0.5) is 0 Å². The van der Waals surface area contributed by atoms with Gasteiger partial charge in [0, 0.05) is 6.54 Å². The molecule has 0 amide bonds. The summed E-state index contributed by atoms with van der Waals surface area (Å²) in [6, 6.07) is 0. The predicted octanol–water partition coefficient (Wildman–Crippen LogP) is 5.45. The van der Waals surface area contributed by atoms with Gasteiger partial charge in [0.2, 0.25) is 7.28 Å². The third kappa shape index (κ3) is 16.1. The first-order valence-corrected chi connectivity index (χ1v) is 9.80. The fraction of sp³-hybridized carbons (Fsp3) is 0.850. The molecule has 0 aliphatic heterocycles. The van der Waals surface area contributed by atoms with E-state index in [1.165, 1.54) is 70.6 Å². The fourth-order valence-electron chi connectivity index (χ4n) is 2.82. The molecule has 0 spiro atoms. The number of unbranched alkanes of at least 4 members (excludes halogenated alkanes) is 7. The molecule has 0 N–H and O–H groups in total. The van der Waals surface area contributed by atoms with Gasteiger partial charge in [-0.2, -0.15) is 0 Å². The number of likely N-dealkylation sites (N-methyl/N-ethyl adjacent to an activating group) is 1. The van der Waals surface area contributed by atoms with Gasteiger partial charge in [-0.1, -0.05) is 96.4 Å². The monoisotopic (exact) mass is 320 g/mol. The van der Waals surface area contributed by atoms with Gasteiger partial charge in [-0.05, 0) is 20.2 Å². The second-order valence-electron chi connectivity index (χ2n) is 7.05. The number of nitrogens with zero attached hydrogens (tertiary/aromatic N) is 1. The summed E-state index contributed by atoms with van der Waals surface area (Å²) in [5.41, 5.74) is 0.195. The predicted molar refractivity (Wildman–Crippen MR) is 104 cm³/mol. The number of carbonyl (C=O) groups is 1. The molecule has 0 heterocycles. The molecule has 0 saturated heterocycles. The summed E-state index contributed by atoms with van der Waals surface area (Å²) in [7, 11) is 6.02. The van der Waals surface area contributed by atoms with Gasteiger partial charge in [0.1, 0.15) is 5.68 Å². The van der Waals surface area contributed by atoms with Crippen LogP contribution in [0.25, 0.3) is 0 Å². The van der Waals surface area contributed by atoms with Crippen LogP contribution < -0.4 is 0 Å². The summed E-state index contributed by atoms with van der Waals surface area (Å²) in [5.74, 6) is 0.477. The highest BCUT2D eigenvalue weighted by Crippen LogP contribution is 2.23. The Morgan fingerprint density at radius 3 is 1.96 bits per heavy atom. The molecule has 1 radical (unpaired) electrons. The second kappa shape index (κ2) is 16.3. The molecule has 0 rings (SSSR count). The van der Waals surface area contributed by atoms with Crippen LogP contribution in [0.1, 0.15) is 84.5 Å². The molecule has 0 aliphatic rings. The van der Waals surface area contributed by atoms with Gasteiger partial charge in [-0.3, -0.25) is 0 Å². The van der Waals surface area contributed by atoms with Crippen LogP contribution in [-0.2, 0) is 4.79 Å². The van der Waals surface area contributed by atoms with Crippen molar-refractivity contribution in [3.05, 3.63) is 12.2 Å². The minimum absolute atomic E-state index is 0.195. The highest BCUT2D eigenvalue weighted by molar-refractivity contribution is 6.77. The van der Waals surface area contributed by atoms with E-state index < -0.39 is 0 Å². The quantitative estimate of drug-likeness (QED) is 0.214. The summed E-state index contributed by atoms with van der Waals surface area (Å²) in [5, 5.41) is 0. The van der Waals surface area contributed by atoms with E-state index in [-0.39, 0.29) is 5.68 Å². The van der Waals surface area contributed by atoms with E-state index in [4.69, 9.17) is 0 Å². The van der Waals surface area contributed by atoms with Crippen molar-refractivity contribution in [1.82, 2.24) is 4.90 Å². The normalized spacial score (nSPS) is 12.9. The Balaban J connectivity index is 4.12. The van der Waals surface area contributed by atoms with Crippen molar-refractivity contribution >= 4 is 13.0 Å². The average Bonchev–Trinajstić information content (AvgIpc) is 2.50. The highest BCUT2D eigenvalue weighted by Gasteiger charge is 2.14. The number of allylic oxidation sites excluding steroid dienone is 1. The molecule has 0 fully saturated rings. The van der Waals surface area contributed by atoms with Crippen molar-refractivity contribution in [3.63, 3.8) is 0 Å². The Morgan fingerprint density at radius 2 is 1.43 bits per heavy atom. The van der Waals surface area contributed by atoms with Crippen molar-refractivity contribution in [2.75, 3.05) is 20.6 Å². The number of rotatable bonds is 16. The molecule has 3 heteroatoms. The highest BCUT2D eigenvalue weighted by atomic mass is 16.1. The molecule has 0 aliphatic carbocycles. The Kier molecular flexibility index (Phi) is 15.9. The first-order valence-electron chi connectivity index (χ1n) is 9.80. The summed E-state index contributed by atoms with van der Waals surface area (Å²) in [6.45, 7) is 5.33. The Labute approximate surface area is 146 Å². The molecule has 0 aromatic rings. The Hall–Kier alpha value is -0.565. The molecule has 133 valence electrons. The average molecular weight is 320 g/mol. The van der Waals surface area contributed by atoms with Gasteiger partial charge < -0.3 is 9.69 Å². The molecular weight excluding hydrogens is 281 g/mol. The van der Waals surface area contributed by atoms with Gasteiger partial charge in [-0.15, -0.1) is 0 Å². The zero-order valence-electron chi connectivity index (χ0n) is 16.2. The zero-order valence-corrected chi connectivity index (χ0v) is 16.2. The lowest BCUT2D eigenvalue weighted by molar-refractivity contribution is -0.108. The van der Waals surface area contributed by atoms with Gasteiger partial charge >= 0.3 is 0 Å². The lowest BCUT2D eigenvalue weighted by Gasteiger charge is -2.14. The maximum atomic E-state index is 12.1. The molecule has 0 saturated carbocycles. The van der Waals surface area contributed by atoms with Crippen molar-refractivity contribution < 1.29 is 4.79 Å². The third-order valence-electron chi connectivity index (χ3n) is 4.26. The summed E-state index contributed by atoms with van der Waals surface area (Å²) < 4.78 is 0. The number of hydrogen-bond donors (Lipinski definition) is 0. The first kappa shape index (κ1) is 22.4. The van der Waals surface area contributed by atoms with Crippen LogP contribution >= 0.6 is 0 Å². The zero-order chi connectivity index (χ0) is 17.3. The van der Waals surface area contributed by atoms with Crippen LogP contribution in [0.3, 0.4) is 0 Å². The molecule has 1 atom stereocenters. The van der Waals surface area contributed by atoms with E-state index in [2.05, 4.69) is 18.7 Å². The molecule has 1 unspecified atom stereocenters. The maximum Gasteiger partial charge on any atom is 0.211 e. The van der Waals surface area contributed by atoms with Crippen LogP contribution in [0.15, 0.2) is 12.2 Å². The van der Waals surface area contributed by atoms with E-state index in [1.807, 2.05) is 27.5 Å². The van der Waals surface area contributed by atoms with Gasteiger partial charge in [0.25, 0.3) is 0 Å². The number of carbonyl (C=O) groups excluding carboxylic acids is 1. The van der Waals surface area contributed by atoms with E-state index in [0.29, 0.717) is 5.82 Å². The fourth-order valence-corrected chi connectivity index (χ4v) is 2.82. The molecule has 2 nitrogen and oxygen atoms in total. The maximum absolute atomic E-state index is 12.1. The van der Waals surface area contributed by atoms with E-state index >= 15 is 0 Å². The van der Waals surface area contributed by atoms with Crippen molar-refractivity contribution in [2.24, 2.45) is 0 Å². The van der Waals surface area contributed by atoms with E-state index in [0.717, 1.165) is 6.54 Å². The van der Waals surface area contributed by atoms with E-state index in [9.17, 15) is 4.79 Å². The summed E-state index contributed by atoms with van der Waals surface area (Å²) in [4.78, 5) is 14.2. The van der Waals surface area contributed by atoms with Crippen molar-refractivity contribution in [2.45, 2.75) is 90.3 Å². The van der Waals surface area contributed by atoms with E-state index in [1.54, 1.807) is 6.08 Å². The lowest BCUT2D eigenvalue weighted by atomic mass is 9.57. The lowest BCUT2D eigenvalue weighted by Crippen LogP contribution is -2.15. The van der Waals surface area contributed by atoms with Crippen molar-refractivity contribution in [3.8, 4) is 0 Å². The van der Waals surface area contributed by atoms with Gasteiger partial charge in [0.15, 0.2) is 0 Å². The standard InChI is InChI=1S/C20H39BNO/c1-5-7-9-11-13-16-19(15-12-10-8-6-2)21-20(23)17-14-18-22(3)4/h14,17,19H,5-13,15-16,18H2,1-4H3/b17-14+. The third-order valence-corrected chi connectivity index (χ3v) is 4.26. The van der Waals surface area contributed by atoms with Gasteiger partial charge in [0.05, 0.1) is 0 Å². The summed E-state index contributed by atoms with van der Waals surface area (Å²) in [6.07, 6.45) is 17.8. The Bertz CT molecular complexity index is 302. The number of hydrogen-bond acceptors (Lipinski definition) is 2. The second-order valence-corrected chi connectivity index (χ2v) is 7.05. The molecule has 23 heavy (non-hydrogen) atoms. The minimum Gasteiger partial charge on any atom is -0.307 e. The van der Waals surface area contributed by atoms with Crippen LogP contribution in [-0.4, -0.2) is 38.5 Å². The topological polar surface area (TPSA) is 20.3 Å². The van der Waals surface area contributed by atoms with Crippen LogP contribution in [0.2, 0.25) is 5.82 Å². The molecule has 0 aromatic carbocycles. The minimum atomic E-state index is 0.195. The smallest absolute Gasteiger partial charge is 0.211 e. The van der Waals surface area contributed by atoms with Crippen LogP contribution in [0.5, 0.6) is 0 Å². The largest absolute Gasteiger partial charge is 0.307 e. The molecule has 0 bridgehead atoms. The summed E-state index contributed by atoms with van der Waals surface area (Å²) >= 11 is 0. The molecular formula is C20H39BNO. The molecule has 0 aromatic heterocycles.